The van der Waals surface area contributed by atoms with Gasteiger partial charge in [-0.2, -0.15) is 0 Å². The minimum Gasteiger partial charge on any atom is -0.497 e. The number of carbonyl (C=O) groups is 1. The Morgan fingerprint density at radius 1 is 0.833 bits per heavy atom. The van der Waals surface area contributed by atoms with Crippen LogP contribution in [0.4, 0.5) is 5.69 Å². The number of methoxy groups -OCH3 is 2. The van der Waals surface area contributed by atoms with Crippen molar-refractivity contribution in [3.8, 4) is 23.0 Å². The fourth-order valence-electron chi connectivity index (χ4n) is 2.88. The molecule has 0 aromatic heterocycles. The number of benzene rings is 3. The van der Waals surface area contributed by atoms with Crippen LogP contribution in [0.5, 0.6) is 23.0 Å². The molecule has 1 N–H and O–H groups in total. The Kier molecular flexibility index (Phi) is 7.16. The number of rotatable bonds is 9. The number of nitrogens with one attached hydrogen (secondary N) is 1. The minimum atomic E-state index is -0.294. The third-order valence-electron chi connectivity index (χ3n) is 4.40. The van der Waals surface area contributed by atoms with Gasteiger partial charge in [0.1, 0.15) is 18.1 Å². The predicted octanol–water partition coefficient (Wildman–Crippen LogP) is 4.93. The molecule has 6 heteroatoms. The summed E-state index contributed by atoms with van der Waals surface area (Å²) in [5.74, 6) is 1.95. The average molecular weight is 407 g/mol. The van der Waals surface area contributed by atoms with Crippen molar-refractivity contribution in [1.29, 1.82) is 0 Å². The van der Waals surface area contributed by atoms with Crippen LogP contribution >= 0.6 is 0 Å². The lowest BCUT2D eigenvalue weighted by molar-refractivity contribution is 0.102. The molecule has 0 aliphatic heterocycles. The van der Waals surface area contributed by atoms with E-state index in [1.165, 1.54) is 0 Å². The van der Waals surface area contributed by atoms with Crippen LogP contribution in [0.3, 0.4) is 0 Å². The van der Waals surface area contributed by atoms with E-state index in [-0.39, 0.29) is 5.91 Å². The lowest BCUT2D eigenvalue weighted by Crippen LogP contribution is -2.13. The van der Waals surface area contributed by atoms with E-state index in [2.05, 4.69) is 5.32 Å². The third kappa shape index (κ3) is 5.23. The van der Waals surface area contributed by atoms with Crippen LogP contribution in [0, 0.1) is 0 Å². The van der Waals surface area contributed by atoms with Gasteiger partial charge in [0.2, 0.25) is 0 Å². The lowest BCUT2D eigenvalue weighted by Gasteiger charge is -2.15. The van der Waals surface area contributed by atoms with E-state index in [4.69, 9.17) is 18.9 Å². The Morgan fingerprint density at radius 3 is 2.30 bits per heavy atom. The molecule has 3 aromatic carbocycles. The molecule has 0 aliphatic rings. The van der Waals surface area contributed by atoms with Crippen molar-refractivity contribution < 1.29 is 23.7 Å². The molecule has 0 atom stereocenters. The molecule has 3 aromatic rings. The highest BCUT2D eigenvalue weighted by molar-refractivity contribution is 6.05. The SMILES string of the molecule is CCOc1cc(C(=O)Nc2cc(OC)ccc2OC)ccc1OCc1ccccc1. The van der Waals surface area contributed by atoms with Crippen LogP contribution in [-0.2, 0) is 6.61 Å². The molecule has 1 amide bonds. The summed E-state index contributed by atoms with van der Waals surface area (Å²) in [6.07, 6.45) is 0. The fraction of sp³-hybridized carbons (Fsp3) is 0.208. The van der Waals surface area contributed by atoms with Crippen LogP contribution in [0.1, 0.15) is 22.8 Å². The molecule has 0 heterocycles. The summed E-state index contributed by atoms with van der Waals surface area (Å²) in [5.41, 5.74) is 2.01. The lowest BCUT2D eigenvalue weighted by atomic mass is 10.1. The Labute approximate surface area is 176 Å². The Morgan fingerprint density at radius 2 is 1.60 bits per heavy atom. The molecule has 0 radical (unpaired) electrons. The first-order valence-corrected chi connectivity index (χ1v) is 9.61. The quantitative estimate of drug-likeness (QED) is 0.545. The van der Waals surface area contributed by atoms with Crippen LogP contribution < -0.4 is 24.3 Å². The summed E-state index contributed by atoms with van der Waals surface area (Å²) >= 11 is 0. The number of anilines is 1. The highest BCUT2D eigenvalue weighted by Crippen LogP contribution is 2.32. The number of amides is 1. The van der Waals surface area contributed by atoms with Crippen molar-refractivity contribution in [3.63, 3.8) is 0 Å². The predicted molar refractivity (Wildman–Crippen MR) is 116 cm³/mol. The molecular weight excluding hydrogens is 382 g/mol. The van der Waals surface area contributed by atoms with Gasteiger partial charge in [-0.1, -0.05) is 30.3 Å². The van der Waals surface area contributed by atoms with Gasteiger partial charge >= 0.3 is 0 Å². The molecule has 6 nitrogen and oxygen atoms in total. The van der Waals surface area contributed by atoms with Crippen LogP contribution in [-0.4, -0.2) is 26.7 Å². The molecule has 3 rings (SSSR count). The summed E-state index contributed by atoms with van der Waals surface area (Å²) in [5, 5.41) is 2.86. The van der Waals surface area contributed by atoms with Crippen molar-refractivity contribution in [3.05, 3.63) is 77.9 Å². The summed E-state index contributed by atoms with van der Waals surface area (Å²) in [6, 6.07) is 20.2. The smallest absolute Gasteiger partial charge is 0.255 e. The highest BCUT2D eigenvalue weighted by Gasteiger charge is 2.14. The first-order chi connectivity index (χ1) is 14.6. The Balaban J connectivity index is 1.79. The zero-order valence-electron chi connectivity index (χ0n) is 17.3. The minimum absolute atomic E-state index is 0.294. The number of carbonyl (C=O) groups excluding carboxylic acids is 1. The standard InChI is InChI=1S/C24H25NO5/c1-4-29-23-14-18(10-12-22(23)30-16-17-8-6-5-7-9-17)24(26)25-20-15-19(27-2)11-13-21(20)28-3/h5-15H,4,16H2,1-3H3,(H,25,26). The monoisotopic (exact) mass is 407 g/mol. The van der Waals surface area contributed by atoms with Crippen molar-refractivity contribution in [2.45, 2.75) is 13.5 Å². The van der Waals surface area contributed by atoms with Crippen LogP contribution in [0.2, 0.25) is 0 Å². The van der Waals surface area contributed by atoms with Crippen molar-refractivity contribution in [1.82, 2.24) is 0 Å². The second kappa shape index (κ2) is 10.2. The van der Waals surface area contributed by atoms with Crippen LogP contribution in [0.15, 0.2) is 66.7 Å². The molecule has 0 unspecified atom stereocenters. The van der Waals surface area contributed by atoms with Crippen molar-refractivity contribution in [2.24, 2.45) is 0 Å². The maximum atomic E-state index is 12.8. The van der Waals surface area contributed by atoms with Crippen molar-refractivity contribution in [2.75, 3.05) is 26.1 Å². The van der Waals surface area contributed by atoms with E-state index in [1.54, 1.807) is 50.6 Å². The number of hydrogen-bond donors (Lipinski definition) is 1. The topological polar surface area (TPSA) is 66.0 Å². The molecule has 0 spiro atoms. The average Bonchev–Trinajstić information content (AvgIpc) is 2.79. The molecule has 0 fully saturated rings. The zero-order chi connectivity index (χ0) is 21.3. The van der Waals surface area contributed by atoms with E-state index >= 15 is 0 Å². The number of hydrogen-bond acceptors (Lipinski definition) is 5. The molecule has 0 bridgehead atoms. The Bertz CT molecular complexity index is 988. The van der Waals surface area contributed by atoms with Gasteiger partial charge in [0.15, 0.2) is 11.5 Å². The molecule has 0 saturated carbocycles. The van der Waals surface area contributed by atoms with Gasteiger partial charge in [-0.3, -0.25) is 4.79 Å². The summed E-state index contributed by atoms with van der Waals surface area (Å²) < 4.78 is 22.2. The summed E-state index contributed by atoms with van der Waals surface area (Å²) in [7, 11) is 3.11. The van der Waals surface area contributed by atoms with Gasteiger partial charge in [0, 0.05) is 11.6 Å². The van der Waals surface area contributed by atoms with Gasteiger partial charge in [0.25, 0.3) is 5.91 Å². The molecular formula is C24H25NO5. The maximum absolute atomic E-state index is 12.8. The molecule has 156 valence electrons. The maximum Gasteiger partial charge on any atom is 0.255 e. The zero-order valence-corrected chi connectivity index (χ0v) is 17.3. The first kappa shape index (κ1) is 21.0. The first-order valence-electron chi connectivity index (χ1n) is 9.61. The molecule has 0 saturated heterocycles. The molecule has 0 aliphatic carbocycles. The third-order valence-corrected chi connectivity index (χ3v) is 4.40. The summed E-state index contributed by atoms with van der Waals surface area (Å²) in [4.78, 5) is 12.8. The number of ether oxygens (including phenoxy) is 4. The van der Waals surface area contributed by atoms with E-state index in [0.717, 1.165) is 5.56 Å². The highest BCUT2D eigenvalue weighted by atomic mass is 16.5. The van der Waals surface area contributed by atoms with E-state index in [1.807, 2.05) is 37.3 Å². The van der Waals surface area contributed by atoms with Gasteiger partial charge < -0.3 is 24.3 Å². The van der Waals surface area contributed by atoms with Gasteiger partial charge in [-0.05, 0) is 42.8 Å². The molecule has 30 heavy (non-hydrogen) atoms. The van der Waals surface area contributed by atoms with E-state index < -0.39 is 0 Å². The second-order valence-corrected chi connectivity index (χ2v) is 6.39. The second-order valence-electron chi connectivity index (χ2n) is 6.39. The summed E-state index contributed by atoms with van der Waals surface area (Å²) in [6.45, 7) is 2.75. The van der Waals surface area contributed by atoms with Gasteiger partial charge in [-0.15, -0.1) is 0 Å². The van der Waals surface area contributed by atoms with Crippen molar-refractivity contribution >= 4 is 11.6 Å². The van der Waals surface area contributed by atoms with Gasteiger partial charge in [-0.25, -0.2) is 0 Å². The normalized spacial score (nSPS) is 10.2. The fourth-order valence-corrected chi connectivity index (χ4v) is 2.88. The largest absolute Gasteiger partial charge is 0.497 e. The van der Waals surface area contributed by atoms with Crippen LogP contribution in [0.25, 0.3) is 0 Å². The Hall–Kier alpha value is -3.67. The van der Waals surface area contributed by atoms with E-state index in [9.17, 15) is 4.79 Å². The van der Waals surface area contributed by atoms with E-state index in [0.29, 0.717) is 47.5 Å². The van der Waals surface area contributed by atoms with Gasteiger partial charge in [0.05, 0.1) is 26.5 Å².